The predicted octanol–water partition coefficient (Wildman–Crippen LogP) is 2.52. The molecule has 4 rings (SSSR count). The van der Waals surface area contributed by atoms with E-state index in [4.69, 9.17) is 0 Å². The van der Waals surface area contributed by atoms with Gasteiger partial charge in [-0.05, 0) is 25.1 Å². The summed E-state index contributed by atoms with van der Waals surface area (Å²) in [6.45, 7) is 5.73. The van der Waals surface area contributed by atoms with Gasteiger partial charge in [0.1, 0.15) is 5.82 Å². The number of halogens is 1. The number of anilines is 2. The van der Waals surface area contributed by atoms with Gasteiger partial charge in [0.05, 0.1) is 0 Å². The van der Waals surface area contributed by atoms with Crippen LogP contribution in [0.4, 0.5) is 11.5 Å². The summed E-state index contributed by atoms with van der Waals surface area (Å²) in [6.07, 6.45) is 3.73. The van der Waals surface area contributed by atoms with Crippen LogP contribution in [0.1, 0.15) is 5.82 Å². The Kier molecular flexibility index (Phi) is 3.65. The highest BCUT2D eigenvalue weighted by Crippen LogP contribution is 2.24. The maximum atomic E-state index is 4.53. The maximum Gasteiger partial charge on any atom is 0.203 e. The molecule has 3 aromatic rings. The lowest BCUT2D eigenvalue weighted by molar-refractivity contribution is 0.647. The van der Waals surface area contributed by atoms with Crippen molar-refractivity contribution in [3.8, 4) is 0 Å². The van der Waals surface area contributed by atoms with E-state index in [1.165, 1.54) is 5.69 Å². The molecule has 0 saturated carbocycles. The van der Waals surface area contributed by atoms with Crippen molar-refractivity contribution in [2.45, 2.75) is 6.92 Å². The lowest BCUT2D eigenvalue weighted by Crippen LogP contribution is -2.47. The Morgan fingerprint density at radius 1 is 1.04 bits per heavy atom. The zero-order valence-electron chi connectivity index (χ0n) is 12.9. The van der Waals surface area contributed by atoms with Gasteiger partial charge in [0.25, 0.3) is 0 Å². The fourth-order valence-electron chi connectivity index (χ4n) is 3.00. The number of aromatic nitrogens is 4. The number of fused-ring (bicyclic) bond motifs is 1. The van der Waals surface area contributed by atoms with E-state index < -0.39 is 0 Å². The second kappa shape index (κ2) is 5.81. The molecule has 0 aliphatic carbocycles. The molecule has 1 aromatic carbocycles. The Morgan fingerprint density at radius 2 is 1.83 bits per heavy atom. The van der Waals surface area contributed by atoms with Crippen molar-refractivity contribution in [3.05, 3.63) is 47.0 Å². The fourth-order valence-corrected chi connectivity index (χ4v) is 3.39. The van der Waals surface area contributed by atoms with Gasteiger partial charge in [0.2, 0.25) is 5.65 Å². The van der Waals surface area contributed by atoms with Crippen LogP contribution < -0.4 is 9.80 Å². The summed E-state index contributed by atoms with van der Waals surface area (Å²) >= 11 is 3.54. The van der Waals surface area contributed by atoms with Crippen molar-refractivity contribution in [1.29, 1.82) is 0 Å². The summed E-state index contributed by atoms with van der Waals surface area (Å²) < 4.78 is 3.10. The van der Waals surface area contributed by atoms with Crippen LogP contribution in [-0.2, 0) is 0 Å². The summed E-state index contributed by atoms with van der Waals surface area (Å²) in [5, 5.41) is 8.43. The van der Waals surface area contributed by atoms with Crippen LogP contribution in [0.3, 0.4) is 0 Å². The smallest absolute Gasteiger partial charge is 0.203 e. The van der Waals surface area contributed by atoms with Gasteiger partial charge in [-0.15, -0.1) is 10.2 Å². The van der Waals surface area contributed by atoms with Gasteiger partial charge in [0.15, 0.2) is 5.82 Å². The largest absolute Gasteiger partial charge is 0.368 e. The minimum absolute atomic E-state index is 0.834. The summed E-state index contributed by atoms with van der Waals surface area (Å²) in [7, 11) is 0. The minimum Gasteiger partial charge on any atom is -0.368 e. The van der Waals surface area contributed by atoms with Crippen LogP contribution in [0.2, 0.25) is 0 Å². The molecule has 7 heteroatoms. The fraction of sp³-hybridized carbons (Fsp3) is 0.312. The van der Waals surface area contributed by atoms with Crippen molar-refractivity contribution in [2.75, 3.05) is 36.0 Å². The van der Waals surface area contributed by atoms with E-state index in [1.54, 1.807) is 0 Å². The molecule has 0 N–H and O–H groups in total. The van der Waals surface area contributed by atoms with Crippen molar-refractivity contribution < 1.29 is 0 Å². The first-order chi connectivity index (χ1) is 11.2. The molecule has 118 valence electrons. The van der Waals surface area contributed by atoms with Gasteiger partial charge >= 0.3 is 0 Å². The second-order valence-corrected chi connectivity index (χ2v) is 6.56. The first-order valence-corrected chi connectivity index (χ1v) is 8.43. The molecular formula is C16H17BrN6. The van der Waals surface area contributed by atoms with Crippen molar-refractivity contribution in [1.82, 2.24) is 19.6 Å². The highest BCUT2D eigenvalue weighted by atomic mass is 79.9. The second-order valence-electron chi connectivity index (χ2n) is 5.65. The third-order valence-electron chi connectivity index (χ3n) is 4.23. The summed E-state index contributed by atoms with van der Waals surface area (Å²) in [4.78, 5) is 9.22. The van der Waals surface area contributed by atoms with Gasteiger partial charge in [-0.25, -0.2) is 4.98 Å². The molecule has 1 aliphatic heterocycles. The van der Waals surface area contributed by atoms with Crippen LogP contribution in [0.15, 0.2) is 41.1 Å². The van der Waals surface area contributed by atoms with Gasteiger partial charge < -0.3 is 9.80 Å². The quantitative estimate of drug-likeness (QED) is 0.691. The highest BCUT2D eigenvalue weighted by Gasteiger charge is 2.21. The first-order valence-electron chi connectivity index (χ1n) is 7.64. The Labute approximate surface area is 142 Å². The monoisotopic (exact) mass is 372 g/mol. The Hall–Kier alpha value is -2.15. The maximum absolute atomic E-state index is 4.53. The van der Waals surface area contributed by atoms with Gasteiger partial charge in [-0.2, -0.15) is 0 Å². The molecule has 0 spiro atoms. The molecule has 23 heavy (non-hydrogen) atoms. The molecule has 3 heterocycles. The molecule has 6 nitrogen and oxygen atoms in total. The predicted molar refractivity (Wildman–Crippen MR) is 94.1 cm³/mol. The summed E-state index contributed by atoms with van der Waals surface area (Å²) in [6, 6.07) is 8.45. The average molecular weight is 373 g/mol. The van der Waals surface area contributed by atoms with Gasteiger partial charge in [0, 0.05) is 48.7 Å². The van der Waals surface area contributed by atoms with Gasteiger partial charge in [-0.3, -0.25) is 4.40 Å². The Morgan fingerprint density at radius 3 is 2.61 bits per heavy atom. The number of piperazine rings is 1. The zero-order valence-corrected chi connectivity index (χ0v) is 14.4. The Bertz CT molecular complexity index is 837. The number of aryl methyl sites for hydroxylation is 1. The summed E-state index contributed by atoms with van der Waals surface area (Å²) in [5.74, 6) is 1.80. The summed E-state index contributed by atoms with van der Waals surface area (Å²) in [5.41, 5.74) is 2.09. The van der Waals surface area contributed by atoms with Gasteiger partial charge in [-0.1, -0.05) is 22.0 Å². The number of hydrogen-bond donors (Lipinski definition) is 0. The first kappa shape index (κ1) is 14.4. The van der Waals surface area contributed by atoms with E-state index in [0.29, 0.717) is 0 Å². The van der Waals surface area contributed by atoms with Crippen LogP contribution >= 0.6 is 15.9 Å². The van der Waals surface area contributed by atoms with Crippen LogP contribution in [0.25, 0.3) is 5.65 Å². The van der Waals surface area contributed by atoms with Crippen molar-refractivity contribution in [3.63, 3.8) is 0 Å². The number of rotatable bonds is 2. The molecule has 1 aliphatic rings. The Balaban J connectivity index is 1.55. The third kappa shape index (κ3) is 2.65. The van der Waals surface area contributed by atoms with Crippen LogP contribution in [0.5, 0.6) is 0 Å². The minimum atomic E-state index is 0.834. The van der Waals surface area contributed by atoms with E-state index >= 15 is 0 Å². The topological polar surface area (TPSA) is 49.6 Å². The lowest BCUT2D eigenvalue weighted by Gasteiger charge is -2.36. The molecule has 0 atom stereocenters. The molecule has 2 aromatic heterocycles. The van der Waals surface area contributed by atoms with Crippen LogP contribution in [0, 0.1) is 6.92 Å². The number of nitrogens with zero attached hydrogens (tertiary/aromatic N) is 6. The zero-order chi connectivity index (χ0) is 15.8. The van der Waals surface area contributed by atoms with Crippen molar-refractivity contribution in [2.24, 2.45) is 0 Å². The molecule has 0 unspecified atom stereocenters. The number of benzene rings is 1. The highest BCUT2D eigenvalue weighted by molar-refractivity contribution is 9.10. The van der Waals surface area contributed by atoms with E-state index in [0.717, 1.165) is 47.9 Å². The van der Waals surface area contributed by atoms with E-state index in [9.17, 15) is 0 Å². The molecule has 1 saturated heterocycles. The van der Waals surface area contributed by atoms with E-state index in [-0.39, 0.29) is 0 Å². The van der Waals surface area contributed by atoms with Crippen LogP contribution in [-0.4, -0.2) is 45.8 Å². The average Bonchev–Trinajstić information content (AvgIpc) is 2.97. The molecule has 1 fully saturated rings. The molecule has 0 radical (unpaired) electrons. The van der Waals surface area contributed by atoms with E-state index in [2.05, 4.69) is 65.2 Å². The standard InChI is InChI=1S/C16H17BrN6/c1-12-19-20-16-15(18-5-6-23(12)16)22-9-7-21(8-10-22)14-4-2-3-13(17)11-14/h2-6,11H,7-10H2,1H3. The SMILES string of the molecule is Cc1nnc2c(N3CCN(c4cccc(Br)c4)CC3)nccn12. The van der Waals surface area contributed by atoms with Crippen molar-refractivity contribution >= 4 is 33.1 Å². The van der Waals surface area contributed by atoms with E-state index in [1.807, 2.05) is 23.7 Å². The molecular weight excluding hydrogens is 356 g/mol. The molecule has 0 amide bonds. The number of hydrogen-bond acceptors (Lipinski definition) is 5. The normalized spacial score (nSPS) is 15.4. The molecule has 0 bridgehead atoms. The third-order valence-corrected chi connectivity index (χ3v) is 4.72. The lowest BCUT2D eigenvalue weighted by atomic mass is 10.2.